The van der Waals surface area contributed by atoms with Gasteiger partial charge in [-0.1, -0.05) is 48.0 Å². The van der Waals surface area contributed by atoms with Crippen molar-refractivity contribution in [1.82, 2.24) is 0 Å². The van der Waals surface area contributed by atoms with E-state index in [2.05, 4.69) is 0 Å². The van der Waals surface area contributed by atoms with Gasteiger partial charge in [-0.3, -0.25) is 0 Å². The van der Waals surface area contributed by atoms with E-state index in [-0.39, 0.29) is 0 Å². The SMILES string of the molecule is Cc1ccccc1COc1c(Cl)cccc1/C=C/C(=O)O. The molecule has 0 fully saturated rings. The monoisotopic (exact) mass is 302 g/mol. The molecule has 21 heavy (non-hydrogen) atoms. The molecule has 0 saturated heterocycles. The second-order valence-electron chi connectivity index (χ2n) is 4.54. The molecule has 0 aliphatic heterocycles. The van der Waals surface area contributed by atoms with Gasteiger partial charge in [0.25, 0.3) is 0 Å². The Morgan fingerprint density at radius 3 is 2.71 bits per heavy atom. The lowest BCUT2D eigenvalue weighted by atomic mass is 10.1. The molecule has 0 unspecified atom stereocenters. The standard InChI is InChI=1S/C17H15ClO3/c1-12-5-2-3-6-14(12)11-21-17-13(9-10-16(19)20)7-4-8-15(17)18/h2-10H,11H2,1H3,(H,19,20)/b10-9+. The number of rotatable bonds is 5. The van der Waals surface area contributed by atoms with Gasteiger partial charge in [-0.2, -0.15) is 0 Å². The number of aryl methyl sites for hydroxylation is 1. The number of carbonyl (C=O) groups is 1. The van der Waals surface area contributed by atoms with E-state index in [9.17, 15) is 4.79 Å². The van der Waals surface area contributed by atoms with Crippen LogP contribution in [0.2, 0.25) is 5.02 Å². The van der Waals surface area contributed by atoms with Crippen molar-refractivity contribution in [2.24, 2.45) is 0 Å². The number of para-hydroxylation sites is 1. The highest BCUT2D eigenvalue weighted by Crippen LogP contribution is 2.30. The molecule has 2 aromatic carbocycles. The van der Waals surface area contributed by atoms with Crippen LogP contribution in [0.15, 0.2) is 48.5 Å². The Hall–Kier alpha value is -2.26. The van der Waals surface area contributed by atoms with Crippen LogP contribution in [0.1, 0.15) is 16.7 Å². The van der Waals surface area contributed by atoms with Gasteiger partial charge in [-0.25, -0.2) is 4.79 Å². The summed E-state index contributed by atoms with van der Waals surface area (Å²) in [4.78, 5) is 10.6. The molecule has 3 nitrogen and oxygen atoms in total. The summed E-state index contributed by atoms with van der Waals surface area (Å²) in [5, 5.41) is 9.17. The molecule has 0 radical (unpaired) electrons. The first-order valence-electron chi connectivity index (χ1n) is 6.45. The van der Waals surface area contributed by atoms with Gasteiger partial charge < -0.3 is 9.84 Å². The maximum Gasteiger partial charge on any atom is 0.328 e. The second-order valence-corrected chi connectivity index (χ2v) is 4.95. The molecule has 0 atom stereocenters. The van der Waals surface area contributed by atoms with Crippen molar-refractivity contribution in [2.45, 2.75) is 13.5 Å². The van der Waals surface area contributed by atoms with Gasteiger partial charge in [0.05, 0.1) is 5.02 Å². The number of benzene rings is 2. The Balaban J connectivity index is 2.23. The van der Waals surface area contributed by atoms with Crippen molar-refractivity contribution in [3.63, 3.8) is 0 Å². The van der Waals surface area contributed by atoms with Crippen LogP contribution in [0, 0.1) is 6.92 Å². The molecule has 0 spiro atoms. The summed E-state index contributed by atoms with van der Waals surface area (Å²) in [6, 6.07) is 13.1. The minimum atomic E-state index is -1.01. The number of halogens is 1. The fourth-order valence-corrected chi connectivity index (χ4v) is 2.13. The lowest BCUT2D eigenvalue weighted by molar-refractivity contribution is -0.131. The predicted octanol–water partition coefficient (Wildman–Crippen LogP) is 4.33. The Morgan fingerprint density at radius 1 is 1.24 bits per heavy atom. The topological polar surface area (TPSA) is 46.5 Å². The highest BCUT2D eigenvalue weighted by Gasteiger charge is 2.08. The van der Waals surface area contributed by atoms with Crippen molar-refractivity contribution in [3.8, 4) is 5.75 Å². The molecule has 108 valence electrons. The number of carboxylic acid groups (broad SMARTS) is 1. The summed E-state index contributed by atoms with van der Waals surface area (Å²) in [7, 11) is 0. The van der Waals surface area contributed by atoms with E-state index >= 15 is 0 Å². The van der Waals surface area contributed by atoms with Gasteiger partial charge in [0.15, 0.2) is 0 Å². The Morgan fingerprint density at radius 2 is 2.00 bits per heavy atom. The molecule has 0 aromatic heterocycles. The maximum absolute atomic E-state index is 10.6. The lowest BCUT2D eigenvalue weighted by Gasteiger charge is -2.12. The summed E-state index contributed by atoms with van der Waals surface area (Å²) in [6.07, 6.45) is 2.54. The fourth-order valence-electron chi connectivity index (χ4n) is 1.89. The highest BCUT2D eigenvalue weighted by molar-refractivity contribution is 6.32. The van der Waals surface area contributed by atoms with Gasteiger partial charge in [-0.15, -0.1) is 0 Å². The molecule has 2 rings (SSSR count). The Labute approximate surface area is 128 Å². The quantitative estimate of drug-likeness (QED) is 0.836. The molecule has 0 heterocycles. The lowest BCUT2D eigenvalue weighted by Crippen LogP contribution is -1.99. The number of aliphatic carboxylic acids is 1. The van der Waals surface area contributed by atoms with Gasteiger partial charge in [0.2, 0.25) is 0 Å². The second kappa shape index (κ2) is 6.95. The summed E-state index contributed by atoms with van der Waals surface area (Å²) in [5.41, 5.74) is 2.83. The molecule has 0 amide bonds. The molecule has 0 aliphatic rings. The molecular weight excluding hydrogens is 288 g/mol. The van der Waals surface area contributed by atoms with Crippen LogP contribution in [-0.2, 0) is 11.4 Å². The van der Waals surface area contributed by atoms with Crippen LogP contribution in [0.3, 0.4) is 0 Å². The van der Waals surface area contributed by atoms with Crippen LogP contribution < -0.4 is 4.74 Å². The minimum absolute atomic E-state index is 0.379. The number of hydrogen-bond donors (Lipinski definition) is 1. The molecule has 0 bridgehead atoms. The van der Waals surface area contributed by atoms with Crippen LogP contribution in [0.25, 0.3) is 6.08 Å². The number of ether oxygens (including phenoxy) is 1. The van der Waals surface area contributed by atoms with Crippen LogP contribution in [-0.4, -0.2) is 11.1 Å². The molecule has 4 heteroatoms. The first-order valence-corrected chi connectivity index (χ1v) is 6.82. The van der Waals surface area contributed by atoms with E-state index in [0.717, 1.165) is 17.2 Å². The van der Waals surface area contributed by atoms with Crippen molar-refractivity contribution in [1.29, 1.82) is 0 Å². The van der Waals surface area contributed by atoms with E-state index in [4.69, 9.17) is 21.4 Å². The third-order valence-electron chi connectivity index (χ3n) is 3.04. The van der Waals surface area contributed by atoms with Gasteiger partial charge >= 0.3 is 5.97 Å². The van der Waals surface area contributed by atoms with Gasteiger partial charge in [0, 0.05) is 11.6 Å². The zero-order chi connectivity index (χ0) is 15.2. The van der Waals surface area contributed by atoms with E-state index in [1.165, 1.54) is 6.08 Å². The Kier molecular flexibility index (Phi) is 5.01. The third kappa shape index (κ3) is 4.10. The maximum atomic E-state index is 10.6. The van der Waals surface area contributed by atoms with E-state index in [0.29, 0.717) is 22.9 Å². The molecular formula is C17H15ClO3. The van der Waals surface area contributed by atoms with E-state index < -0.39 is 5.97 Å². The summed E-state index contributed by atoms with van der Waals surface area (Å²) in [6.45, 7) is 2.39. The first-order chi connectivity index (χ1) is 10.1. The zero-order valence-corrected chi connectivity index (χ0v) is 12.3. The van der Waals surface area contributed by atoms with Crippen molar-refractivity contribution in [3.05, 3.63) is 70.3 Å². The largest absolute Gasteiger partial charge is 0.487 e. The molecule has 0 saturated carbocycles. The number of hydrogen-bond acceptors (Lipinski definition) is 2. The van der Waals surface area contributed by atoms with Crippen molar-refractivity contribution < 1.29 is 14.6 Å². The molecule has 0 aliphatic carbocycles. The Bertz CT molecular complexity index is 677. The highest BCUT2D eigenvalue weighted by atomic mass is 35.5. The third-order valence-corrected chi connectivity index (χ3v) is 3.33. The number of carboxylic acids is 1. The van der Waals surface area contributed by atoms with Crippen molar-refractivity contribution in [2.75, 3.05) is 0 Å². The molecule has 1 N–H and O–H groups in total. The zero-order valence-electron chi connectivity index (χ0n) is 11.5. The van der Waals surface area contributed by atoms with Crippen molar-refractivity contribution >= 4 is 23.6 Å². The van der Waals surface area contributed by atoms with Crippen LogP contribution >= 0.6 is 11.6 Å². The minimum Gasteiger partial charge on any atom is -0.487 e. The summed E-state index contributed by atoms with van der Waals surface area (Å²) < 4.78 is 5.79. The van der Waals surface area contributed by atoms with Crippen LogP contribution in [0.4, 0.5) is 0 Å². The summed E-state index contributed by atoms with van der Waals surface area (Å²) >= 11 is 6.14. The summed E-state index contributed by atoms with van der Waals surface area (Å²) in [5.74, 6) is -0.528. The van der Waals surface area contributed by atoms with E-state index in [1.807, 2.05) is 31.2 Å². The first kappa shape index (κ1) is 15.1. The van der Waals surface area contributed by atoms with Gasteiger partial charge in [0.1, 0.15) is 12.4 Å². The van der Waals surface area contributed by atoms with Crippen LogP contribution in [0.5, 0.6) is 5.75 Å². The average Bonchev–Trinajstić information content (AvgIpc) is 2.45. The van der Waals surface area contributed by atoms with E-state index in [1.54, 1.807) is 18.2 Å². The normalized spacial score (nSPS) is 10.8. The molecule has 2 aromatic rings. The van der Waals surface area contributed by atoms with Gasteiger partial charge in [-0.05, 0) is 30.2 Å². The fraction of sp³-hybridized carbons (Fsp3) is 0.118. The smallest absolute Gasteiger partial charge is 0.328 e. The predicted molar refractivity (Wildman–Crippen MR) is 83.6 cm³/mol. The average molecular weight is 303 g/mol.